The number of ether oxygens (including phenoxy) is 4. The number of Topliss-reactive ketones (excluding diaryl/α,β-unsaturated/α-hetero) is 1. The van der Waals surface area contributed by atoms with Crippen molar-refractivity contribution < 1.29 is 28.5 Å². The number of hydrogen-bond acceptors (Lipinski definition) is 6. The van der Waals surface area contributed by atoms with E-state index in [-0.39, 0.29) is 11.7 Å². The van der Waals surface area contributed by atoms with Crippen molar-refractivity contribution in [1.29, 1.82) is 0 Å². The van der Waals surface area contributed by atoms with Crippen LogP contribution in [0.2, 0.25) is 0 Å². The van der Waals surface area contributed by atoms with Crippen LogP contribution in [0.5, 0.6) is 17.2 Å². The smallest absolute Gasteiger partial charge is 0.355 e. The van der Waals surface area contributed by atoms with Crippen molar-refractivity contribution in [2.45, 2.75) is 39.0 Å². The Morgan fingerprint density at radius 1 is 1.10 bits per heavy atom. The maximum absolute atomic E-state index is 12.9. The lowest BCUT2D eigenvalue weighted by Gasteiger charge is -2.24. The summed E-state index contributed by atoms with van der Waals surface area (Å²) in [5.41, 5.74) is 3.32. The highest BCUT2D eigenvalue weighted by molar-refractivity contribution is 6.03. The molecule has 7 nitrogen and oxygen atoms in total. The Morgan fingerprint density at radius 3 is 2.31 bits per heavy atom. The molecule has 3 rings (SSSR count). The molecule has 1 aromatic carbocycles. The Kier molecular flexibility index (Phi) is 6.15. The molecule has 0 spiro atoms. The standard InChI is InChI=1S/C22H27NO6/c1-6-7-29-22(25)20-12(2)19-15(23-20)8-13(9-16(19)24)14-10-17(26-3)21(28-5)18(11-14)27-4/h10-11,13,23H,6-9H2,1-5H3/t13-/m1/s1. The van der Waals surface area contributed by atoms with E-state index in [0.717, 1.165) is 17.7 Å². The van der Waals surface area contributed by atoms with Crippen LogP contribution in [0.25, 0.3) is 0 Å². The highest BCUT2D eigenvalue weighted by atomic mass is 16.5. The molecule has 0 saturated heterocycles. The Morgan fingerprint density at radius 2 is 1.76 bits per heavy atom. The zero-order chi connectivity index (χ0) is 21.1. The second-order valence-corrected chi connectivity index (χ2v) is 7.10. The third-order valence-corrected chi connectivity index (χ3v) is 5.29. The fraction of sp³-hybridized carbons (Fsp3) is 0.455. The first-order valence-corrected chi connectivity index (χ1v) is 9.66. The second-order valence-electron chi connectivity index (χ2n) is 7.10. The minimum absolute atomic E-state index is 0.00768. The summed E-state index contributed by atoms with van der Waals surface area (Å²) in [7, 11) is 4.68. The summed E-state index contributed by atoms with van der Waals surface area (Å²) in [5, 5.41) is 0. The van der Waals surface area contributed by atoms with Gasteiger partial charge < -0.3 is 23.9 Å². The molecule has 29 heavy (non-hydrogen) atoms. The van der Waals surface area contributed by atoms with Gasteiger partial charge in [-0.05, 0) is 48.9 Å². The Labute approximate surface area is 170 Å². The van der Waals surface area contributed by atoms with E-state index in [2.05, 4.69) is 4.98 Å². The number of carbonyl (C=O) groups is 2. The van der Waals surface area contributed by atoms with Gasteiger partial charge in [-0.15, -0.1) is 0 Å². The van der Waals surface area contributed by atoms with E-state index in [1.54, 1.807) is 28.3 Å². The average Bonchev–Trinajstić information content (AvgIpc) is 3.07. The SMILES string of the molecule is CCCOC(=O)c1[nH]c2c(c1C)C(=O)C[C@H](c1cc(OC)c(OC)c(OC)c1)C2. The van der Waals surface area contributed by atoms with Gasteiger partial charge in [0.15, 0.2) is 17.3 Å². The Hall–Kier alpha value is -2.96. The zero-order valence-corrected chi connectivity index (χ0v) is 17.5. The Balaban J connectivity index is 1.96. The second kappa shape index (κ2) is 8.59. The molecule has 2 aromatic rings. The van der Waals surface area contributed by atoms with E-state index in [1.165, 1.54) is 0 Å². The normalized spacial score (nSPS) is 15.6. The van der Waals surface area contributed by atoms with Crippen LogP contribution in [0.4, 0.5) is 0 Å². The van der Waals surface area contributed by atoms with E-state index in [1.807, 2.05) is 19.1 Å². The van der Waals surface area contributed by atoms with Gasteiger partial charge in [-0.1, -0.05) is 6.92 Å². The summed E-state index contributed by atoms with van der Waals surface area (Å²) in [5.74, 6) is 1.13. The van der Waals surface area contributed by atoms with E-state index in [0.29, 0.717) is 53.5 Å². The molecule has 0 fully saturated rings. The largest absolute Gasteiger partial charge is 0.493 e. The van der Waals surface area contributed by atoms with Gasteiger partial charge in [-0.2, -0.15) is 0 Å². The maximum Gasteiger partial charge on any atom is 0.355 e. The van der Waals surface area contributed by atoms with Crippen molar-refractivity contribution in [1.82, 2.24) is 4.98 Å². The van der Waals surface area contributed by atoms with Crippen molar-refractivity contribution >= 4 is 11.8 Å². The highest BCUT2D eigenvalue weighted by Gasteiger charge is 2.33. The minimum atomic E-state index is -0.420. The molecule has 1 aliphatic carbocycles. The molecule has 1 aliphatic rings. The Bertz CT molecular complexity index is 905. The molecule has 0 unspecified atom stereocenters. The van der Waals surface area contributed by atoms with E-state index >= 15 is 0 Å². The number of ketones is 1. The third-order valence-electron chi connectivity index (χ3n) is 5.29. The van der Waals surface area contributed by atoms with Gasteiger partial charge in [0, 0.05) is 17.7 Å². The number of benzene rings is 1. The van der Waals surface area contributed by atoms with Crippen molar-refractivity contribution in [3.8, 4) is 17.2 Å². The van der Waals surface area contributed by atoms with Crippen LogP contribution in [0.1, 0.15) is 63.4 Å². The molecule has 7 heteroatoms. The number of aromatic nitrogens is 1. The minimum Gasteiger partial charge on any atom is -0.493 e. The topological polar surface area (TPSA) is 86.9 Å². The molecule has 1 atom stereocenters. The fourth-order valence-electron chi connectivity index (χ4n) is 3.88. The molecule has 0 radical (unpaired) electrons. The van der Waals surface area contributed by atoms with Crippen molar-refractivity contribution in [3.05, 3.63) is 40.2 Å². The van der Waals surface area contributed by atoms with E-state index < -0.39 is 5.97 Å². The lowest BCUT2D eigenvalue weighted by molar-refractivity contribution is 0.0498. The van der Waals surface area contributed by atoms with Crippen LogP contribution in [-0.2, 0) is 11.2 Å². The monoisotopic (exact) mass is 401 g/mol. The summed E-state index contributed by atoms with van der Waals surface area (Å²) in [4.78, 5) is 28.4. The number of rotatable bonds is 7. The molecular weight excluding hydrogens is 374 g/mol. The van der Waals surface area contributed by atoms with Crippen molar-refractivity contribution in [2.75, 3.05) is 27.9 Å². The molecule has 0 amide bonds. The predicted octanol–water partition coefficient (Wildman–Crippen LogP) is 3.83. The average molecular weight is 401 g/mol. The number of fused-ring (bicyclic) bond motifs is 1. The number of H-pyrrole nitrogens is 1. The predicted molar refractivity (Wildman–Crippen MR) is 108 cm³/mol. The number of carbonyl (C=O) groups excluding carboxylic acids is 2. The lowest BCUT2D eigenvalue weighted by atomic mass is 9.81. The van der Waals surface area contributed by atoms with Gasteiger partial charge in [0.05, 0.1) is 27.9 Å². The summed E-state index contributed by atoms with van der Waals surface area (Å²) >= 11 is 0. The van der Waals surface area contributed by atoms with Crippen LogP contribution in [0.3, 0.4) is 0 Å². The molecule has 156 valence electrons. The molecule has 0 bridgehead atoms. The summed E-state index contributed by atoms with van der Waals surface area (Å²) in [6, 6.07) is 3.74. The van der Waals surface area contributed by atoms with Crippen LogP contribution in [0, 0.1) is 6.92 Å². The lowest BCUT2D eigenvalue weighted by Crippen LogP contribution is -2.19. The summed E-state index contributed by atoms with van der Waals surface area (Å²) in [6.07, 6.45) is 1.68. The van der Waals surface area contributed by atoms with Crippen LogP contribution < -0.4 is 14.2 Å². The number of esters is 1. The van der Waals surface area contributed by atoms with Gasteiger partial charge in [0.25, 0.3) is 0 Å². The first kappa shape index (κ1) is 20.8. The number of aromatic amines is 1. The van der Waals surface area contributed by atoms with Gasteiger partial charge in [0.1, 0.15) is 5.69 Å². The molecule has 0 aliphatic heterocycles. The van der Waals surface area contributed by atoms with Crippen LogP contribution in [0.15, 0.2) is 12.1 Å². The first-order chi connectivity index (χ1) is 13.9. The van der Waals surface area contributed by atoms with E-state index in [4.69, 9.17) is 18.9 Å². The summed E-state index contributed by atoms with van der Waals surface area (Å²) in [6.45, 7) is 4.07. The molecule has 1 N–H and O–H groups in total. The van der Waals surface area contributed by atoms with Gasteiger partial charge in [-0.25, -0.2) is 4.79 Å². The van der Waals surface area contributed by atoms with Crippen LogP contribution >= 0.6 is 0 Å². The van der Waals surface area contributed by atoms with Gasteiger partial charge >= 0.3 is 5.97 Å². The number of hydrogen-bond donors (Lipinski definition) is 1. The van der Waals surface area contributed by atoms with Crippen molar-refractivity contribution in [2.24, 2.45) is 0 Å². The van der Waals surface area contributed by atoms with Gasteiger partial charge in [-0.3, -0.25) is 4.79 Å². The number of methoxy groups -OCH3 is 3. The van der Waals surface area contributed by atoms with Crippen LogP contribution in [-0.4, -0.2) is 44.7 Å². The van der Waals surface area contributed by atoms with Gasteiger partial charge in [0.2, 0.25) is 5.75 Å². The van der Waals surface area contributed by atoms with Crippen molar-refractivity contribution in [3.63, 3.8) is 0 Å². The molecular formula is C22H27NO6. The third kappa shape index (κ3) is 3.81. The first-order valence-electron chi connectivity index (χ1n) is 9.66. The number of nitrogens with one attached hydrogen (secondary N) is 1. The zero-order valence-electron chi connectivity index (χ0n) is 17.5. The fourth-order valence-corrected chi connectivity index (χ4v) is 3.88. The molecule has 1 aromatic heterocycles. The summed E-state index contributed by atoms with van der Waals surface area (Å²) < 4.78 is 21.5. The molecule has 0 saturated carbocycles. The highest BCUT2D eigenvalue weighted by Crippen LogP contribution is 2.43. The quantitative estimate of drug-likeness (QED) is 0.710. The van der Waals surface area contributed by atoms with E-state index in [9.17, 15) is 9.59 Å². The maximum atomic E-state index is 12.9. The molecule has 1 heterocycles.